The van der Waals surface area contributed by atoms with E-state index in [9.17, 15) is 14.3 Å². The van der Waals surface area contributed by atoms with E-state index in [1.807, 2.05) is 19.9 Å². The van der Waals surface area contributed by atoms with Gasteiger partial charge in [0.2, 0.25) is 0 Å². The SMILES string of the molecule is CC1(C)OC(=C2C(=O)Nc3cc(F)ccc32)C=C1c1csc(CN2CCC(O)C2)c1. The minimum atomic E-state index is -0.590. The van der Waals surface area contributed by atoms with Crippen molar-refractivity contribution in [2.75, 3.05) is 18.4 Å². The molecule has 0 bridgehead atoms. The van der Waals surface area contributed by atoms with Gasteiger partial charge in [-0.15, -0.1) is 11.3 Å². The van der Waals surface area contributed by atoms with Crippen molar-refractivity contribution in [1.29, 1.82) is 0 Å². The monoisotopic (exact) mass is 426 g/mol. The molecule has 1 saturated heterocycles. The highest BCUT2D eigenvalue weighted by Gasteiger charge is 2.38. The van der Waals surface area contributed by atoms with Crippen LogP contribution in [-0.2, 0) is 16.1 Å². The van der Waals surface area contributed by atoms with Gasteiger partial charge in [0.15, 0.2) is 0 Å². The van der Waals surface area contributed by atoms with Crippen LogP contribution in [0.1, 0.15) is 36.3 Å². The molecular formula is C23H23FN2O3S. The number of likely N-dealkylation sites (tertiary alicyclic amines) is 1. The second kappa shape index (κ2) is 7.04. The molecule has 3 aliphatic rings. The van der Waals surface area contributed by atoms with Crippen molar-refractivity contribution in [2.45, 2.75) is 38.5 Å². The van der Waals surface area contributed by atoms with Gasteiger partial charge in [0.05, 0.1) is 17.4 Å². The van der Waals surface area contributed by atoms with Gasteiger partial charge in [0.1, 0.15) is 17.2 Å². The number of carbonyl (C=O) groups excluding carboxylic acids is 1. The molecule has 1 aromatic carbocycles. The number of β-amino-alcohol motifs (C(OH)–C–C–N with tert-alkyl or cyclic N) is 1. The van der Waals surface area contributed by atoms with Crippen molar-refractivity contribution >= 4 is 34.1 Å². The van der Waals surface area contributed by atoms with E-state index in [1.54, 1.807) is 17.4 Å². The second-order valence-electron chi connectivity index (χ2n) is 8.53. The van der Waals surface area contributed by atoms with Crippen LogP contribution in [0.2, 0.25) is 0 Å². The van der Waals surface area contributed by atoms with Crippen LogP contribution in [0.3, 0.4) is 0 Å². The summed E-state index contributed by atoms with van der Waals surface area (Å²) in [5.74, 6) is -0.161. The van der Waals surface area contributed by atoms with Gasteiger partial charge < -0.3 is 15.2 Å². The molecule has 4 heterocycles. The summed E-state index contributed by atoms with van der Waals surface area (Å²) in [4.78, 5) is 16.1. The van der Waals surface area contributed by atoms with Gasteiger partial charge >= 0.3 is 0 Å². The second-order valence-corrected chi connectivity index (χ2v) is 9.53. The predicted molar refractivity (Wildman–Crippen MR) is 115 cm³/mol. The van der Waals surface area contributed by atoms with E-state index in [1.165, 1.54) is 17.0 Å². The molecule has 30 heavy (non-hydrogen) atoms. The minimum absolute atomic E-state index is 0.225. The van der Waals surface area contributed by atoms with E-state index in [0.717, 1.165) is 37.2 Å². The first kappa shape index (κ1) is 19.5. The lowest BCUT2D eigenvalue weighted by Crippen LogP contribution is -2.21. The number of aliphatic hydroxyl groups excluding tert-OH is 1. The zero-order chi connectivity index (χ0) is 21.0. The lowest BCUT2D eigenvalue weighted by molar-refractivity contribution is -0.111. The first-order valence-electron chi connectivity index (χ1n) is 10.0. The fourth-order valence-electron chi connectivity index (χ4n) is 4.39. The van der Waals surface area contributed by atoms with Gasteiger partial charge in [0.25, 0.3) is 5.91 Å². The van der Waals surface area contributed by atoms with Gasteiger partial charge in [-0.2, -0.15) is 0 Å². The molecule has 156 valence electrons. The Morgan fingerprint density at radius 3 is 2.97 bits per heavy atom. The number of nitrogens with one attached hydrogen (secondary N) is 1. The van der Waals surface area contributed by atoms with Crippen LogP contribution in [0.25, 0.3) is 11.1 Å². The van der Waals surface area contributed by atoms with Gasteiger partial charge in [0, 0.05) is 35.6 Å². The van der Waals surface area contributed by atoms with Crippen LogP contribution in [0.5, 0.6) is 0 Å². The van der Waals surface area contributed by atoms with E-state index >= 15 is 0 Å². The van der Waals surface area contributed by atoms with E-state index in [4.69, 9.17) is 4.74 Å². The smallest absolute Gasteiger partial charge is 0.260 e. The topological polar surface area (TPSA) is 61.8 Å². The van der Waals surface area contributed by atoms with E-state index < -0.39 is 5.60 Å². The van der Waals surface area contributed by atoms with Crippen molar-refractivity contribution in [3.63, 3.8) is 0 Å². The van der Waals surface area contributed by atoms with Gasteiger partial charge in [-0.3, -0.25) is 9.69 Å². The summed E-state index contributed by atoms with van der Waals surface area (Å²) in [7, 11) is 0. The third kappa shape index (κ3) is 3.37. The van der Waals surface area contributed by atoms with Crippen LogP contribution < -0.4 is 5.32 Å². The Hall–Kier alpha value is -2.48. The molecule has 1 fully saturated rings. The quantitative estimate of drug-likeness (QED) is 0.728. The lowest BCUT2D eigenvalue weighted by atomic mass is 9.94. The Morgan fingerprint density at radius 1 is 1.37 bits per heavy atom. The molecule has 1 atom stereocenters. The number of halogens is 1. The fourth-order valence-corrected chi connectivity index (χ4v) is 5.31. The van der Waals surface area contributed by atoms with Crippen molar-refractivity contribution < 1.29 is 19.0 Å². The third-order valence-electron chi connectivity index (χ3n) is 5.85. The molecule has 1 aromatic heterocycles. The van der Waals surface area contributed by atoms with E-state index in [0.29, 0.717) is 22.6 Å². The summed E-state index contributed by atoms with van der Waals surface area (Å²) in [5.41, 5.74) is 3.06. The molecule has 0 aliphatic carbocycles. The number of benzene rings is 1. The number of aliphatic hydroxyl groups is 1. The Labute approximate surface area is 178 Å². The Balaban J connectivity index is 1.47. The number of hydrogen-bond acceptors (Lipinski definition) is 5. The number of thiophene rings is 1. The van der Waals surface area contributed by atoms with Crippen LogP contribution >= 0.6 is 11.3 Å². The molecule has 0 spiro atoms. The molecule has 2 N–H and O–H groups in total. The number of allylic oxidation sites excluding steroid dienone is 1. The molecular weight excluding hydrogens is 403 g/mol. The summed E-state index contributed by atoms with van der Waals surface area (Å²) < 4.78 is 19.8. The molecule has 5 rings (SSSR count). The Morgan fingerprint density at radius 2 is 2.20 bits per heavy atom. The van der Waals surface area contributed by atoms with Crippen molar-refractivity contribution in [3.8, 4) is 0 Å². The first-order chi connectivity index (χ1) is 14.3. The summed E-state index contributed by atoms with van der Waals surface area (Å²) in [6, 6.07) is 6.45. The number of ether oxygens (including phenoxy) is 1. The standard InChI is InChI=1S/C23H23FN2O3S/c1-23(2)18(13-7-16(30-12-13)11-26-6-5-15(27)10-26)9-20(29-23)21-17-4-3-14(24)8-19(17)25-22(21)28/h3-4,7-9,12,15,27H,5-6,10-11H2,1-2H3,(H,25,28). The largest absolute Gasteiger partial charge is 0.482 e. The van der Waals surface area contributed by atoms with Crippen molar-refractivity contribution in [2.24, 2.45) is 0 Å². The molecule has 1 amide bonds. The summed E-state index contributed by atoms with van der Waals surface area (Å²) in [5, 5.41) is 14.6. The average molecular weight is 427 g/mol. The molecule has 0 saturated carbocycles. The van der Waals surface area contributed by atoms with Crippen LogP contribution in [0.15, 0.2) is 41.5 Å². The highest BCUT2D eigenvalue weighted by molar-refractivity contribution is 7.10. The molecule has 2 aromatic rings. The Bertz CT molecular complexity index is 1100. The van der Waals surface area contributed by atoms with Crippen molar-refractivity contribution in [3.05, 3.63) is 63.3 Å². The number of rotatable bonds is 3. The average Bonchev–Trinajstić information content (AvgIpc) is 3.41. The highest BCUT2D eigenvalue weighted by atomic mass is 32.1. The molecule has 1 unspecified atom stereocenters. The first-order valence-corrected chi connectivity index (χ1v) is 10.9. The van der Waals surface area contributed by atoms with Gasteiger partial charge in [-0.05, 0) is 61.6 Å². The third-order valence-corrected chi connectivity index (χ3v) is 6.77. The fraction of sp³-hybridized carbons (Fsp3) is 0.348. The number of nitrogens with zero attached hydrogens (tertiary/aromatic N) is 1. The number of amides is 1. The van der Waals surface area contributed by atoms with Crippen LogP contribution in [-0.4, -0.2) is 40.7 Å². The predicted octanol–water partition coefficient (Wildman–Crippen LogP) is 4.01. The summed E-state index contributed by atoms with van der Waals surface area (Å²) in [6.07, 6.45) is 2.53. The maximum Gasteiger partial charge on any atom is 0.260 e. The lowest BCUT2D eigenvalue weighted by Gasteiger charge is -2.23. The minimum Gasteiger partial charge on any atom is -0.482 e. The van der Waals surface area contributed by atoms with Crippen molar-refractivity contribution in [1.82, 2.24) is 4.90 Å². The van der Waals surface area contributed by atoms with E-state index in [2.05, 4.69) is 21.7 Å². The van der Waals surface area contributed by atoms with Gasteiger partial charge in [-0.25, -0.2) is 4.39 Å². The number of anilines is 1. The Kier molecular flexibility index (Phi) is 4.57. The van der Waals surface area contributed by atoms with Gasteiger partial charge in [-0.1, -0.05) is 0 Å². The summed E-state index contributed by atoms with van der Waals surface area (Å²) >= 11 is 1.69. The molecule has 0 radical (unpaired) electrons. The number of carbonyl (C=O) groups is 1. The zero-order valence-electron chi connectivity index (χ0n) is 16.9. The summed E-state index contributed by atoms with van der Waals surface area (Å²) in [6.45, 7) is 6.43. The zero-order valence-corrected chi connectivity index (χ0v) is 17.7. The normalized spacial score (nSPS) is 25.3. The van der Waals surface area contributed by atoms with Crippen LogP contribution in [0, 0.1) is 5.82 Å². The van der Waals surface area contributed by atoms with Crippen LogP contribution in [0.4, 0.5) is 10.1 Å². The number of fused-ring (bicyclic) bond motifs is 1. The number of hydrogen-bond donors (Lipinski definition) is 2. The maximum absolute atomic E-state index is 13.5. The highest BCUT2D eigenvalue weighted by Crippen LogP contribution is 2.45. The maximum atomic E-state index is 13.5. The molecule has 5 nitrogen and oxygen atoms in total. The van der Waals surface area contributed by atoms with E-state index in [-0.39, 0.29) is 17.8 Å². The molecule has 7 heteroatoms. The molecule has 3 aliphatic heterocycles.